The molecule has 1 atom stereocenters. The average Bonchev–Trinajstić information content (AvgIpc) is 2.71. The molecule has 162 valence electrons. The first kappa shape index (κ1) is 22.7. The fourth-order valence-electron chi connectivity index (χ4n) is 3.56. The molecule has 0 bridgehead atoms. The van der Waals surface area contributed by atoms with E-state index in [0.29, 0.717) is 23.5 Å². The maximum atomic E-state index is 13.5. The van der Waals surface area contributed by atoms with E-state index in [1.807, 2.05) is 0 Å². The molecule has 1 heterocycles. The molecular weight excluding hydrogens is 453 g/mol. The van der Waals surface area contributed by atoms with E-state index < -0.39 is 22.0 Å². The van der Waals surface area contributed by atoms with Crippen molar-refractivity contribution in [2.24, 2.45) is 0 Å². The summed E-state index contributed by atoms with van der Waals surface area (Å²) in [5.41, 5.74) is 1.53. The number of hydrogen-bond donors (Lipinski definition) is 0. The largest absolute Gasteiger partial charge is 0.493 e. The molecule has 0 fully saturated rings. The Morgan fingerprint density at radius 3 is 2.20 bits per heavy atom. The summed E-state index contributed by atoms with van der Waals surface area (Å²) in [6.07, 6.45) is 0.271. The number of esters is 1. The van der Waals surface area contributed by atoms with E-state index >= 15 is 0 Å². The Kier molecular flexibility index (Phi) is 6.81. The van der Waals surface area contributed by atoms with Crippen LogP contribution in [-0.4, -0.2) is 46.6 Å². The summed E-state index contributed by atoms with van der Waals surface area (Å²) in [7, 11) is 0.274. The number of rotatable bonds is 6. The summed E-state index contributed by atoms with van der Waals surface area (Å²) in [6, 6.07) is 6.84. The van der Waals surface area contributed by atoms with E-state index in [-0.39, 0.29) is 27.9 Å². The SMILES string of the molecule is COC(=O)CC1c2cc(OC)c(OC)cc2CCN1S(=O)(=O)c1cc(Cl)cc(Cl)c1. The molecule has 3 rings (SSSR count). The number of benzene rings is 2. The number of sulfonamides is 1. The average molecular weight is 474 g/mol. The molecule has 0 radical (unpaired) electrons. The van der Waals surface area contributed by atoms with Gasteiger partial charge in [0.2, 0.25) is 10.0 Å². The summed E-state index contributed by atoms with van der Waals surface area (Å²) < 4.78 is 43.7. The number of methoxy groups -OCH3 is 3. The Morgan fingerprint density at radius 2 is 1.63 bits per heavy atom. The molecule has 0 aromatic heterocycles. The highest BCUT2D eigenvalue weighted by Gasteiger charge is 2.39. The number of nitrogens with zero attached hydrogens (tertiary/aromatic N) is 1. The topological polar surface area (TPSA) is 82.1 Å². The molecule has 1 aliphatic rings. The minimum atomic E-state index is -4.00. The number of carbonyl (C=O) groups is 1. The van der Waals surface area contributed by atoms with Crippen LogP contribution >= 0.6 is 23.2 Å². The second-order valence-electron chi connectivity index (χ2n) is 6.67. The van der Waals surface area contributed by atoms with Gasteiger partial charge >= 0.3 is 5.97 Å². The molecule has 0 amide bonds. The third-order valence-corrected chi connectivity index (χ3v) is 7.31. The zero-order valence-electron chi connectivity index (χ0n) is 16.6. The molecule has 1 unspecified atom stereocenters. The molecule has 0 saturated carbocycles. The van der Waals surface area contributed by atoms with Gasteiger partial charge in [-0.2, -0.15) is 4.31 Å². The summed E-state index contributed by atoms with van der Waals surface area (Å²) in [5.74, 6) is 0.439. The van der Waals surface area contributed by atoms with Crippen molar-refractivity contribution in [2.45, 2.75) is 23.8 Å². The van der Waals surface area contributed by atoms with Gasteiger partial charge in [0.05, 0.1) is 38.7 Å². The Morgan fingerprint density at radius 1 is 1.03 bits per heavy atom. The predicted octanol–water partition coefficient (Wildman–Crippen LogP) is 3.86. The smallest absolute Gasteiger partial charge is 0.307 e. The Balaban J connectivity index is 2.14. The van der Waals surface area contributed by atoms with Crippen molar-refractivity contribution >= 4 is 39.2 Å². The zero-order chi connectivity index (χ0) is 22.1. The van der Waals surface area contributed by atoms with Gasteiger partial charge in [-0.1, -0.05) is 23.2 Å². The number of carbonyl (C=O) groups excluding carboxylic acids is 1. The van der Waals surface area contributed by atoms with Crippen LogP contribution in [0.5, 0.6) is 11.5 Å². The lowest BCUT2D eigenvalue weighted by Gasteiger charge is -2.36. The van der Waals surface area contributed by atoms with Crippen LogP contribution in [0.3, 0.4) is 0 Å². The van der Waals surface area contributed by atoms with Gasteiger partial charge in [-0.3, -0.25) is 4.79 Å². The monoisotopic (exact) mass is 473 g/mol. The highest BCUT2D eigenvalue weighted by Crippen LogP contribution is 2.42. The molecule has 2 aromatic rings. The van der Waals surface area contributed by atoms with Crippen LogP contribution in [0.4, 0.5) is 0 Å². The van der Waals surface area contributed by atoms with Gasteiger partial charge in [0.25, 0.3) is 0 Å². The lowest BCUT2D eigenvalue weighted by atomic mass is 9.91. The van der Waals surface area contributed by atoms with Crippen molar-refractivity contribution in [3.05, 3.63) is 51.5 Å². The lowest BCUT2D eigenvalue weighted by molar-refractivity contribution is -0.141. The van der Waals surface area contributed by atoms with E-state index in [2.05, 4.69) is 0 Å². The molecular formula is C20H21Cl2NO6S. The zero-order valence-corrected chi connectivity index (χ0v) is 19.0. The number of hydrogen-bond acceptors (Lipinski definition) is 6. The van der Waals surface area contributed by atoms with Gasteiger partial charge in [-0.15, -0.1) is 0 Å². The van der Waals surface area contributed by atoms with Gasteiger partial charge in [0.1, 0.15) is 0 Å². The molecule has 2 aromatic carbocycles. The maximum absolute atomic E-state index is 13.5. The predicted molar refractivity (Wildman–Crippen MR) is 113 cm³/mol. The fourth-order valence-corrected chi connectivity index (χ4v) is 5.89. The van der Waals surface area contributed by atoms with Crippen molar-refractivity contribution in [3.63, 3.8) is 0 Å². The number of ether oxygens (including phenoxy) is 3. The van der Waals surface area contributed by atoms with Gasteiger partial charge in [-0.25, -0.2) is 8.42 Å². The van der Waals surface area contributed by atoms with Gasteiger partial charge in [0.15, 0.2) is 11.5 Å². The first-order valence-electron chi connectivity index (χ1n) is 9.00. The van der Waals surface area contributed by atoms with Crippen LogP contribution < -0.4 is 9.47 Å². The molecule has 10 heteroatoms. The maximum Gasteiger partial charge on any atom is 0.307 e. The van der Waals surface area contributed by atoms with E-state index in [0.717, 1.165) is 5.56 Å². The number of halogens is 2. The summed E-state index contributed by atoms with van der Waals surface area (Å²) >= 11 is 12.0. The second-order valence-corrected chi connectivity index (χ2v) is 9.44. The Labute approximate surface area is 185 Å². The van der Waals surface area contributed by atoms with E-state index in [9.17, 15) is 13.2 Å². The van der Waals surface area contributed by atoms with Crippen LogP contribution in [0.15, 0.2) is 35.2 Å². The lowest BCUT2D eigenvalue weighted by Crippen LogP contribution is -2.41. The highest BCUT2D eigenvalue weighted by molar-refractivity contribution is 7.89. The quantitative estimate of drug-likeness (QED) is 0.592. The first-order valence-corrected chi connectivity index (χ1v) is 11.2. The first-order chi connectivity index (χ1) is 14.2. The second kappa shape index (κ2) is 9.01. The third kappa shape index (κ3) is 4.37. The minimum Gasteiger partial charge on any atom is -0.493 e. The van der Waals surface area contributed by atoms with Crippen LogP contribution in [0.2, 0.25) is 10.0 Å². The van der Waals surface area contributed by atoms with Gasteiger partial charge in [-0.05, 0) is 47.9 Å². The van der Waals surface area contributed by atoms with Crippen molar-refractivity contribution < 1.29 is 27.4 Å². The van der Waals surface area contributed by atoms with Crippen molar-refractivity contribution in [1.29, 1.82) is 0 Å². The van der Waals surface area contributed by atoms with E-state index in [1.165, 1.54) is 43.8 Å². The van der Waals surface area contributed by atoms with Gasteiger partial charge in [0, 0.05) is 16.6 Å². The molecule has 1 aliphatic heterocycles. The van der Waals surface area contributed by atoms with Crippen molar-refractivity contribution in [2.75, 3.05) is 27.9 Å². The normalized spacial score (nSPS) is 16.6. The molecule has 0 spiro atoms. The van der Waals surface area contributed by atoms with Crippen molar-refractivity contribution in [3.8, 4) is 11.5 Å². The minimum absolute atomic E-state index is 0.0428. The number of fused-ring (bicyclic) bond motifs is 1. The fraction of sp³-hybridized carbons (Fsp3) is 0.350. The van der Waals surface area contributed by atoms with Crippen LogP contribution in [0.1, 0.15) is 23.6 Å². The Bertz CT molecular complexity index is 1050. The summed E-state index contributed by atoms with van der Waals surface area (Å²) in [5, 5.41) is 0.406. The third-order valence-electron chi connectivity index (χ3n) is 4.98. The molecule has 7 nitrogen and oxygen atoms in total. The van der Waals surface area contributed by atoms with Crippen LogP contribution in [0, 0.1) is 0 Å². The van der Waals surface area contributed by atoms with E-state index in [1.54, 1.807) is 12.1 Å². The summed E-state index contributed by atoms with van der Waals surface area (Å²) in [4.78, 5) is 12.1. The molecule has 30 heavy (non-hydrogen) atoms. The molecule has 0 saturated heterocycles. The van der Waals surface area contributed by atoms with Gasteiger partial charge < -0.3 is 14.2 Å². The summed E-state index contributed by atoms with van der Waals surface area (Å²) in [6.45, 7) is 0.163. The van der Waals surface area contributed by atoms with E-state index in [4.69, 9.17) is 37.4 Å². The molecule has 0 N–H and O–H groups in total. The Hall–Kier alpha value is -2.00. The highest BCUT2D eigenvalue weighted by atomic mass is 35.5. The van der Waals surface area contributed by atoms with Crippen LogP contribution in [0.25, 0.3) is 0 Å². The van der Waals surface area contributed by atoms with Crippen LogP contribution in [-0.2, 0) is 26.0 Å². The standard InChI is InChI=1S/C20H21Cl2NO6S/c1-27-18-6-12-4-5-23(30(25,26)15-8-13(21)7-14(22)9-15)17(11-20(24)29-3)16(12)10-19(18)28-2/h6-10,17H,4-5,11H2,1-3H3. The van der Waals surface area contributed by atoms with Crippen molar-refractivity contribution in [1.82, 2.24) is 4.31 Å². The molecule has 0 aliphatic carbocycles.